The molecule has 0 aliphatic heterocycles. The summed E-state index contributed by atoms with van der Waals surface area (Å²) in [6.45, 7) is 2.02. The predicted molar refractivity (Wildman–Crippen MR) is 131 cm³/mol. The molecule has 0 saturated heterocycles. The molecule has 9 heteroatoms. The van der Waals surface area contributed by atoms with E-state index in [9.17, 15) is 9.18 Å². The number of aromatic nitrogens is 3. The molecule has 0 saturated carbocycles. The van der Waals surface area contributed by atoms with Gasteiger partial charge in [-0.05, 0) is 49.4 Å². The van der Waals surface area contributed by atoms with Crippen LogP contribution in [0.4, 0.5) is 4.39 Å². The zero-order chi connectivity index (χ0) is 23.9. The van der Waals surface area contributed by atoms with Crippen LogP contribution in [-0.2, 0) is 4.79 Å². The molecule has 3 aromatic carbocycles. The molecule has 0 spiro atoms. The van der Waals surface area contributed by atoms with E-state index >= 15 is 0 Å². The largest absolute Gasteiger partial charge is 0.497 e. The minimum absolute atomic E-state index is 0.0568. The molecule has 172 valence electrons. The number of benzene rings is 3. The number of thioether (sulfide) groups is 1. The van der Waals surface area contributed by atoms with Crippen molar-refractivity contribution in [2.24, 2.45) is 5.10 Å². The van der Waals surface area contributed by atoms with Crippen LogP contribution in [0.5, 0.6) is 5.75 Å². The summed E-state index contributed by atoms with van der Waals surface area (Å²) >= 11 is 1.23. The first-order valence-electron chi connectivity index (χ1n) is 10.4. The fourth-order valence-corrected chi connectivity index (χ4v) is 3.88. The number of hydrogen-bond donors (Lipinski definition) is 1. The Morgan fingerprint density at radius 1 is 1.09 bits per heavy atom. The van der Waals surface area contributed by atoms with E-state index in [1.165, 1.54) is 24.0 Å². The van der Waals surface area contributed by atoms with Gasteiger partial charge in [-0.3, -0.25) is 9.36 Å². The maximum absolute atomic E-state index is 13.7. The first-order valence-corrected chi connectivity index (χ1v) is 11.4. The van der Waals surface area contributed by atoms with E-state index < -0.39 is 5.82 Å². The Morgan fingerprint density at radius 2 is 1.82 bits per heavy atom. The van der Waals surface area contributed by atoms with Gasteiger partial charge in [-0.2, -0.15) is 5.10 Å². The molecule has 1 aromatic heterocycles. The monoisotopic (exact) mass is 475 g/mol. The second-order valence-corrected chi connectivity index (χ2v) is 8.25. The third kappa shape index (κ3) is 5.49. The molecular formula is C25H22FN5O2S. The number of hydrogen-bond acceptors (Lipinski definition) is 6. The molecular weight excluding hydrogens is 453 g/mol. The van der Waals surface area contributed by atoms with E-state index in [4.69, 9.17) is 4.74 Å². The zero-order valence-electron chi connectivity index (χ0n) is 18.6. The van der Waals surface area contributed by atoms with Crippen LogP contribution in [0.15, 0.2) is 83.1 Å². The summed E-state index contributed by atoms with van der Waals surface area (Å²) in [5.41, 5.74) is 5.57. The lowest BCUT2D eigenvalue weighted by Gasteiger charge is -2.11. The van der Waals surface area contributed by atoms with E-state index in [0.717, 1.165) is 22.6 Å². The highest BCUT2D eigenvalue weighted by atomic mass is 32.2. The molecule has 1 N–H and O–H groups in total. The van der Waals surface area contributed by atoms with Gasteiger partial charge in [0.05, 0.1) is 19.1 Å². The van der Waals surface area contributed by atoms with Gasteiger partial charge in [-0.1, -0.05) is 47.7 Å². The van der Waals surface area contributed by atoms with Gasteiger partial charge < -0.3 is 4.74 Å². The smallest absolute Gasteiger partial charge is 0.250 e. The maximum atomic E-state index is 13.7. The Labute approximate surface area is 200 Å². The fourth-order valence-electron chi connectivity index (χ4n) is 3.13. The summed E-state index contributed by atoms with van der Waals surface area (Å²) in [6.07, 6.45) is 1.27. The second kappa shape index (κ2) is 10.8. The van der Waals surface area contributed by atoms with Gasteiger partial charge >= 0.3 is 0 Å². The molecule has 0 aliphatic rings. The molecule has 0 unspecified atom stereocenters. The number of nitrogens with zero attached hydrogens (tertiary/aromatic N) is 4. The summed E-state index contributed by atoms with van der Waals surface area (Å²) < 4.78 is 20.8. The number of carbonyl (C=O) groups is 1. The fraction of sp³-hybridized carbons (Fsp3) is 0.120. The normalized spacial score (nSPS) is 11.0. The van der Waals surface area contributed by atoms with Gasteiger partial charge in [0.2, 0.25) is 0 Å². The van der Waals surface area contributed by atoms with Crippen molar-refractivity contribution in [3.63, 3.8) is 0 Å². The van der Waals surface area contributed by atoms with Crippen LogP contribution in [0.25, 0.3) is 17.1 Å². The van der Waals surface area contributed by atoms with Crippen molar-refractivity contribution < 1.29 is 13.9 Å². The number of nitrogens with one attached hydrogen (secondary N) is 1. The lowest BCUT2D eigenvalue weighted by molar-refractivity contribution is -0.118. The first-order chi connectivity index (χ1) is 16.5. The van der Waals surface area contributed by atoms with Crippen molar-refractivity contribution in [3.05, 3.63) is 89.7 Å². The van der Waals surface area contributed by atoms with Crippen LogP contribution in [0.2, 0.25) is 0 Å². The van der Waals surface area contributed by atoms with E-state index in [1.54, 1.807) is 25.3 Å². The van der Waals surface area contributed by atoms with Crippen LogP contribution < -0.4 is 10.2 Å². The minimum Gasteiger partial charge on any atom is -0.497 e. The summed E-state index contributed by atoms with van der Waals surface area (Å²) in [4.78, 5) is 12.3. The van der Waals surface area contributed by atoms with Gasteiger partial charge in [0.25, 0.3) is 5.91 Å². The lowest BCUT2D eigenvalue weighted by atomic mass is 10.2. The summed E-state index contributed by atoms with van der Waals surface area (Å²) in [5, 5.41) is 13.1. The van der Waals surface area contributed by atoms with E-state index in [-0.39, 0.29) is 11.7 Å². The molecule has 1 heterocycles. The van der Waals surface area contributed by atoms with Crippen LogP contribution in [0.3, 0.4) is 0 Å². The number of rotatable bonds is 8. The van der Waals surface area contributed by atoms with E-state index in [0.29, 0.717) is 16.5 Å². The topological polar surface area (TPSA) is 81.4 Å². The van der Waals surface area contributed by atoms with E-state index in [1.807, 2.05) is 60.0 Å². The average Bonchev–Trinajstić information content (AvgIpc) is 3.28. The number of halogens is 1. The lowest BCUT2D eigenvalue weighted by Crippen LogP contribution is -2.20. The van der Waals surface area contributed by atoms with Crippen molar-refractivity contribution in [3.8, 4) is 22.8 Å². The summed E-state index contributed by atoms with van der Waals surface area (Å²) in [7, 11) is 1.62. The molecule has 1 amide bonds. The molecule has 0 atom stereocenters. The van der Waals surface area contributed by atoms with Crippen molar-refractivity contribution in [1.29, 1.82) is 0 Å². The Balaban J connectivity index is 1.53. The third-order valence-corrected chi connectivity index (χ3v) is 5.83. The van der Waals surface area contributed by atoms with E-state index in [2.05, 4.69) is 20.7 Å². The minimum atomic E-state index is -0.410. The number of aryl methyl sites for hydroxylation is 1. The number of hydrazone groups is 1. The first kappa shape index (κ1) is 23.2. The van der Waals surface area contributed by atoms with Crippen molar-refractivity contribution in [2.45, 2.75) is 12.1 Å². The van der Waals surface area contributed by atoms with Crippen molar-refractivity contribution in [2.75, 3.05) is 12.9 Å². The third-order valence-electron chi connectivity index (χ3n) is 4.90. The van der Waals surface area contributed by atoms with Crippen molar-refractivity contribution >= 4 is 23.9 Å². The molecule has 34 heavy (non-hydrogen) atoms. The number of amides is 1. The van der Waals surface area contributed by atoms with Gasteiger partial charge in [-0.15, -0.1) is 10.2 Å². The van der Waals surface area contributed by atoms with Crippen molar-refractivity contribution in [1.82, 2.24) is 20.2 Å². The molecule has 4 rings (SSSR count). The number of methoxy groups -OCH3 is 1. The quantitative estimate of drug-likeness (QED) is 0.228. The van der Waals surface area contributed by atoms with Crippen LogP contribution >= 0.6 is 11.8 Å². The Bertz CT molecular complexity index is 1300. The number of carbonyl (C=O) groups excluding carboxylic acids is 1. The van der Waals surface area contributed by atoms with Gasteiger partial charge in [0.1, 0.15) is 11.6 Å². The molecule has 0 fully saturated rings. The standard InChI is InChI=1S/C25H22FN5O2S/c1-17-7-11-20(12-8-17)31-24(18-9-13-21(33-2)14-10-18)29-30-25(31)34-16-23(32)28-27-15-19-5-3-4-6-22(19)26/h3-15H,16H2,1-2H3,(H,28,32). The zero-order valence-corrected chi connectivity index (χ0v) is 19.4. The molecule has 0 radical (unpaired) electrons. The highest BCUT2D eigenvalue weighted by molar-refractivity contribution is 7.99. The Kier molecular flexibility index (Phi) is 7.34. The maximum Gasteiger partial charge on any atom is 0.250 e. The van der Waals surface area contributed by atoms with Gasteiger partial charge in [-0.25, -0.2) is 9.82 Å². The average molecular weight is 476 g/mol. The second-order valence-electron chi connectivity index (χ2n) is 7.31. The highest BCUT2D eigenvalue weighted by Crippen LogP contribution is 2.29. The summed E-state index contributed by atoms with van der Waals surface area (Å²) in [5.74, 6) is 0.690. The number of ether oxygens (including phenoxy) is 1. The Hall–Kier alpha value is -3.98. The van der Waals surface area contributed by atoms with Crippen LogP contribution in [-0.4, -0.2) is 39.7 Å². The summed E-state index contributed by atoms with van der Waals surface area (Å²) in [6, 6.07) is 21.7. The molecule has 0 aliphatic carbocycles. The Morgan fingerprint density at radius 3 is 2.53 bits per heavy atom. The highest BCUT2D eigenvalue weighted by Gasteiger charge is 2.17. The van der Waals surface area contributed by atoms with Gasteiger partial charge in [0.15, 0.2) is 11.0 Å². The molecule has 0 bridgehead atoms. The SMILES string of the molecule is COc1ccc(-c2nnc(SCC(=O)NN=Cc3ccccc3F)n2-c2ccc(C)cc2)cc1. The van der Waals surface area contributed by atoms with Crippen LogP contribution in [0, 0.1) is 12.7 Å². The molecule has 7 nitrogen and oxygen atoms in total. The van der Waals surface area contributed by atoms with Crippen LogP contribution in [0.1, 0.15) is 11.1 Å². The molecule has 4 aromatic rings. The van der Waals surface area contributed by atoms with Gasteiger partial charge in [0, 0.05) is 16.8 Å². The predicted octanol–water partition coefficient (Wildman–Crippen LogP) is 4.63.